The highest BCUT2D eigenvalue weighted by molar-refractivity contribution is 6.30. The fraction of sp³-hybridized carbons (Fsp3) is 0.231. The van der Waals surface area contributed by atoms with Crippen LogP contribution >= 0.6 is 11.6 Å². The Hall–Kier alpha value is -3.83. The Bertz CT molecular complexity index is 1370. The van der Waals surface area contributed by atoms with E-state index in [1.165, 1.54) is 12.3 Å². The third kappa shape index (κ3) is 5.47. The van der Waals surface area contributed by atoms with Crippen molar-refractivity contribution in [3.05, 3.63) is 76.4 Å². The molecule has 1 aromatic heterocycles. The molecule has 1 aliphatic heterocycles. The van der Waals surface area contributed by atoms with E-state index in [0.717, 1.165) is 21.6 Å². The van der Waals surface area contributed by atoms with E-state index in [9.17, 15) is 18.4 Å². The standard InChI is InChI=1S/C26H21ClF2N4O2/c1-16(10-17-2-5-19(27)6-3-17)18-4-7-23-22(11-18)21(8-9-31-23)25(35)32-14-24(34)33-15-26(28,29)12-20(33)13-30/h2-11,20H,12,14-15H2,1H3,(H,32,35)/b16-10+/t20-/m0/s1. The fourth-order valence-corrected chi connectivity index (χ4v) is 4.15. The number of benzene rings is 2. The number of aromatic nitrogens is 1. The minimum atomic E-state index is -3.12. The zero-order chi connectivity index (χ0) is 25.2. The molecule has 1 fully saturated rings. The number of nitrogens with one attached hydrogen (secondary N) is 1. The second kappa shape index (κ2) is 9.80. The third-order valence-corrected chi connectivity index (χ3v) is 6.09. The number of likely N-dealkylation sites (tertiary alicyclic amines) is 1. The predicted octanol–water partition coefficient (Wildman–Crippen LogP) is 4.94. The van der Waals surface area contributed by atoms with Crippen LogP contribution < -0.4 is 5.32 Å². The molecule has 6 nitrogen and oxygen atoms in total. The van der Waals surface area contributed by atoms with Crippen LogP contribution in [-0.2, 0) is 4.79 Å². The summed E-state index contributed by atoms with van der Waals surface area (Å²) < 4.78 is 27.3. The molecule has 0 unspecified atom stereocenters. The van der Waals surface area contributed by atoms with E-state index in [0.29, 0.717) is 21.5 Å². The maximum atomic E-state index is 13.6. The van der Waals surface area contributed by atoms with Gasteiger partial charge in [0.25, 0.3) is 11.8 Å². The number of amides is 2. The monoisotopic (exact) mass is 494 g/mol. The summed E-state index contributed by atoms with van der Waals surface area (Å²) in [5.74, 6) is -4.39. The summed E-state index contributed by atoms with van der Waals surface area (Å²) in [7, 11) is 0. The Morgan fingerprint density at radius 3 is 2.71 bits per heavy atom. The Balaban J connectivity index is 1.54. The lowest BCUT2D eigenvalue weighted by Gasteiger charge is -2.19. The first-order valence-corrected chi connectivity index (χ1v) is 11.2. The van der Waals surface area contributed by atoms with E-state index in [2.05, 4.69) is 10.3 Å². The van der Waals surface area contributed by atoms with Crippen molar-refractivity contribution in [1.82, 2.24) is 15.2 Å². The molecule has 0 saturated carbocycles. The third-order valence-electron chi connectivity index (χ3n) is 5.83. The van der Waals surface area contributed by atoms with Gasteiger partial charge < -0.3 is 10.2 Å². The molecule has 0 spiro atoms. The van der Waals surface area contributed by atoms with Gasteiger partial charge in [-0.2, -0.15) is 5.26 Å². The molecular formula is C26H21ClF2N4O2. The highest BCUT2D eigenvalue weighted by Gasteiger charge is 2.47. The van der Waals surface area contributed by atoms with Crippen LogP contribution in [-0.4, -0.2) is 46.8 Å². The van der Waals surface area contributed by atoms with Gasteiger partial charge in [-0.15, -0.1) is 0 Å². The van der Waals surface area contributed by atoms with Crippen molar-refractivity contribution in [2.24, 2.45) is 0 Å². The number of hydrogen-bond acceptors (Lipinski definition) is 4. The van der Waals surface area contributed by atoms with Crippen molar-refractivity contribution in [3.8, 4) is 6.07 Å². The number of nitriles is 1. The molecule has 9 heteroatoms. The number of hydrogen-bond donors (Lipinski definition) is 1. The van der Waals surface area contributed by atoms with Crippen LogP contribution in [0.25, 0.3) is 22.6 Å². The number of halogens is 3. The van der Waals surface area contributed by atoms with Gasteiger partial charge in [-0.25, -0.2) is 8.78 Å². The summed E-state index contributed by atoms with van der Waals surface area (Å²) in [6.45, 7) is 0.620. The van der Waals surface area contributed by atoms with Crippen molar-refractivity contribution in [2.75, 3.05) is 13.1 Å². The molecule has 0 aliphatic carbocycles. The molecule has 0 bridgehead atoms. The van der Waals surface area contributed by atoms with Crippen LogP contribution in [0.2, 0.25) is 5.02 Å². The fourth-order valence-electron chi connectivity index (χ4n) is 4.03. The number of nitrogens with zero attached hydrogens (tertiary/aromatic N) is 3. The van der Waals surface area contributed by atoms with E-state index in [1.807, 2.05) is 37.3 Å². The maximum absolute atomic E-state index is 13.6. The minimum absolute atomic E-state index is 0.299. The summed E-state index contributed by atoms with van der Waals surface area (Å²) in [6.07, 6.45) is 2.77. The number of fused-ring (bicyclic) bond motifs is 1. The van der Waals surface area contributed by atoms with Gasteiger partial charge in [0.2, 0.25) is 5.91 Å². The normalized spacial score (nSPS) is 17.3. The molecule has 178 valence electrons. The zero-order valence-electron chi connectivity index (χ0n) is 18.8. The molecule has 2 heterocycles. The number of allylic oxidation sites excluding steroid dienone is 1. The summed E-state index contributed by atoms with van der Waals surface area (Å²) in [6, 6.07) is 15.0. The molecule has 1 saturated heterocycles. The van der Waals surface area contributed by atoms with E-state index in [-0.39, 0.29) is 0 Å². The van der Waals surface area contributed by atoms with E-state index >= 15 is 0 Å². The molecule has 4 rings (SSSR count). The Labute approximate surface area is 205 Å². The molecule has 2 amide bonds. The van der Waals surface area contributed by atoms with E-state index < -0.39 is 43.3 Å². The van der Waals surface area contributed by atoms with Crippen molar-refractivity contribution in [3.63, 3.8) is 0 Å². The molecular weight excluding hydrogens is 474 g/mol. The molecule has 1 atom stereocenters. The lowest BCUT2D eigenvalue weighted by Crippen LogP contribution is -2.43. The van der Waals surface area contributed by atoms with Crippen molar-refractivity contribution in [2.45, 2.75) is 25.3 Å². The van der Waals surface area contributed by atoms with Crippen LogP contribution in [0, 0.1) is 11.3 Å². The smallest absolute Gasteiger partial charge is 0.268 e. The highest BCUT2D eigenvalue weighted by atomic mass is 35.5. The summed E-state index contributed by atoms with van der Waals surface area (Å²) in [4.78, 5) is 30.5. The van der Waals surface area contributed by atoms with Crippen LogP contribution in [0.5, 0.6) is 0 Å². The number of pyridine rings is 1. The Morgan fingerprint density at radius 2 is 2.00 bits per heavy atom. The van der Waals surface area contributed by atoms with Crippen molar-refractivity contribution >= 4 is 46.0 Å². The quantitative estimate of drug-likeness (QED) is 0.509. The lowest BCUT2D eigenvalue weighted by molar-refractivity contribution is -0.131. The van der Waals surface area contributed by atoms with Gasteiger partial charge in [0.15, 0.2) is 0 Å². The second-order valence-corrected chi connectivity index (χ2v) is 8.82. The van der Waals surface area contributed by atoms with E-state index in [4.69, 9.17) is 16.9 Å². The summed E-state index contributed by atoms with van der Waals surface area (Å²) >= 11 is 5.95. The highest BCUT2D eigenvalue weighted by Crippen LogP contribution is 2.31. The summed E-state index contributed by atoms with van der Waals surface area (Å²) in [5, 5.41) is 12.8. The van der Waals surface area contributed by atoms with Gasteiger partial charge in [-0.1, -0.05) is 35.9 Å². The van der Waals surface area contributed by atoms with Crippen LogP contribution in [0.15, 0.2) is 54.7 Å². The van der Waals surface area contributed by atoms with Gasteiger partial charge in [0.05, 0.1) is 30.2 Å². The van der Waals surface area contributed by atoms with Gasteiger partial charge >= 0.3 is 0 Å². The van der Waals surface area contributed by atoms with Gasteiger partial charge in [0, 0.05) is 23.0 Å². The molecule has 0 radical (unpaired) electrons. The zero-order valence-corrected chi connectivity index (χ0v) is 19.5. The topological polar surface area (TPSA) is 86.1 Å². The average Bonchev–Trinajstić information content (AvgIpc) is 3.17. The average molecular weight is 495 g/mol. The largest absolute Gasteiger partial charge is 0.343 e. The lowest BCUT2D eigenvalue weighted by atomic mass is 10.00. The Morgan fingerprint density at radius 1 is 1.26 bits per heavy atom. The second-order valence-electron chi connectivity index (χ2n) is 8.38. The number of carbonyl (C=O) groups is 2. The number of carbonyl (C=O) groups excluding carboxylic acids is 2. The van der Waals surface area contributed by atoms with Crippen molar-refractivity contribution < 1.29 is 18.4 Å². The summed E-state index contributed by atoms with van der Waals surface area (Å²) in [5.41, 5.74) is 3.69. The van der Waals surface area contributed by atoms with Crippen LogP contribution in [0.4, 0.5) is 8.78 Å². The first-order chi connectivity index (χ1) is 16.7. The molecule has 1 aliphatic rings. The van der Waals surface area contributed by atoms with Gasteiger partial charge in [-0.3, -0.25) is 14.6 Å². The predicted molar refractivity (Wildman–Crippen MR) is 130 cm³/mol. The van der Waals surface area contributed by atoms with Crippen LogP contribution in [0.1, 0.15) is 34.8 Å². The molecule has 3 aromatic rings. The van der Waals surface area contributed by atoms with Crippen molar-refractivity contribution in [1.29, 1.82) is 5.26 Å². The number of alkyl halides is 2. The molecule has 2 aromatic carbocycles. The number of rotatable bonds is 5. The maximum Gasteiger partial charge on any atom is 0.268 e. The van der Waals surface area contributed by atoms with E-state index in [1.54, 1.807) is 24.3 Å². The van der Waals surface area contributed by atoms with Gasteiger partial charge in [-0.05, 0) is 54.0 Å². The first kappa shape index (κ1) is 24.3. The Kier molecular flexibility index (Phi) is 6.81. The van der Waals surface area contributed by atoms with Gasteiger partial charge in [0.1, 0.15) is 6.04 Å². The first-order valence-electron chi connectivity index (χ1n) is 10.8. The molecule has 35 heavy (non-hydrogen) atoms. The van der Waals surface area contributed by atoms with Crippen LogP contribution in [0.3, 0.4) is 0 Å². The SMILES string of the molecule is C/C(=C\c1ccc(Cl)cc1)c1ccc2nccc(C(=O)NCC(=O)N3CC(F)(F)C[C@H]3C#N)c2c1. The minimum Gasteiger partial charge on any atom is -0.343 e. The molecule has 1 N–H and O–H groups in total.